The molecule has 2 aromatic carbocycles. The number of aryl methyl sites for hydroxylation is 1. The number of benzene rings is 2. The Bertz CT molecular complexity index is 932. The number of hydrogen-bond acceptors (Lipinski definition) is 3. The summed E-state index contributed by atoms with van der Waals surface area (Å²) in [5.74, 6) is -0.0487. The molecule has 1 aliphatic heterocycles. The Morgan fingerprint density at radius 3 is 2.04 bits per heavy atom. The standard InChI is InChI=1S/C21H21ClN4O/c1-16-19(20(22)26(23-16)18-10-6-3-7-11-18)21(27)25-14-12-24(13-15-25)17-8-4-2-5-9-17/h2-11H,12-15H2,1H3. The molecule has 2 heterocycles. The van der Waals surface area contributed by atoms with Crippen molar-refractivity contribution >= 4 is 23.2 Å². The highest BCUT2D eigenvalue weighted by molar-refractivity contribution is 6.33. The molecular formula is C21H21ClN4O. The molecule has 0 atom stereocenters. The first-order valence-corrected chi connectivity index (χ1v) is 9.43. The number of nitrogens with zero attached hydrogens (tertiary/aromatic N) is 4. The van der Waals surface area contributed by atoms with Crippen molar-refractivity contribution in [1.29, 1.82) is 0 Å². The summed E-state index contributed by atoms with van der Waals surface area (Å²) in [6.07, 6.45) is 0. The van der Waals surface area contributed by atoms with Crippen LogP contribution in [-0.2, 0) is 0 Å². The highest BCUT2D eigenvalue weighted by atomic mass is 35.5. The highest BCUT2D eigenvalue weighted by Crippen LogP contribution is 2.26. The van der Waals surface area contributed by atoms with E-state index in [-0.39, 0.29) is 5.91 Å². The Morgan fingerprint density at radius 1 is 0.889 bits per heavy atom. The topological polar surface area (TPSA) is 41.4 Å². The maximum absolute atomic E-state index is 13.1. The number of aromatic nitrogens is 2. The molecule has 1 saturated heterocycles. The second-order valence-corrected chi connectivity index (χ2v) is 6.97. The molecule has 0 radical (unpaired) electrons. The van der Waals surface area contributed by atoms with Gasteiger partial charge in [0, 0.05) is 31.9 Å². The molecule has 6 heteroatoms. The van der Waals surface area contributed by atoms with Gasteiger partial charge in [-0.2, -0.15) is 5.10 Å². The molecular weight excluding hydrogens is 360 g/mol. The molecule has 0 unspecified atom stereocenters. The number of carbonyl (C=O) groups is 1. The van der Waals surface area contributed by atoms with Gasteiger partial charge < -0.3 is 9.80 Å². The predicted molar refractivity (Wildman–Crippen MR) is 108 cm³/mol. The first kappa shape index (κ1) is 17.6. The van der Waals surface area contributed by atoms with E-state index >= 15 is 0 Å². The van der Waals surface area contributed by atoms with E-state index in [9.17, 15) is 4.79 Å². The lowest BCUT2D eigenvalue weighted by molar-refractivity contribution is 0.0746. The van der Waals surface area contributed by atoms with Crippen LogP contribution in [0.5, 0.6) is 0 Å². The molecule has 1 aromatic heterocycles. The third-order valence-corrected chi connectivity index (χ3v) is 5.26. The van der Waals surface area contributed by atoms with Gasteiger partial charge in [0.05, 0.1) is 16.9 Å². The van der Waals surface area contributed by atoms with Crippen LogP contribution in [0.15, 0.2) is 60.7 Å². The maximum Gasteiger partial charge on any atom is 0.259 e. The maximum atomic E-state index is 13.1. The molecule has 138 valence electrons. The Labute approximate surface area is 163 Å². The first-order valence-electron chi connectivity index (χ1n) is 9.05. The number of hydrogen-bond donors (Lipinski definition) is 0. The highest BCUT2D eigenvalue weighted by Gasteiger charge is 2.28. The van der Waals surface area contributed by atoms with Gasteiger partial charge >= 0.3 is 0 Å². The monoisotopic (exact) mass is 380 g/mol. The van der Waals surface area contributed by atoms with Crippen LogP contribution in [0.1, 0.15) is 16.1 Å². The SMILES string of the molecule is Cc1nn(-c2ccccc2)c(Cl)c1C(=O)N1CCN(c2ccccc2)CC1. The minimum Gasteiger partial charge on any atom is -0.368 e. The van der Waals surface area contributed by atoms with Crippen LogP contribution in [-0.4, -0.2) is 46.8 Å². The molecule has 0 N–H and O–H groups in total. The molecule has 0 aliphatic carbocycles. The summed E-state index contributed by atoms with van der Waals surface area (Å²) in [4.78, 5) is 17.3. The number of amides is 1. The quantitative estimate of drug-likeness (QED) is 0.694. The summed E-state index contributed by atoms with van der Waals surface area (Å²) in [5, 5.41) is 4.86. The van der Waals surface area contributed by atoms with Gasteiger partial charge in [0.2, 0.25) is 0 Å². The average Bonchev–Trinajstić information content (AvgIpc) is 3.03. The van der Waals surface area contributed by atoms with Crippen LogP contribution in [0.3, 0.4) is 0 Å². The van der Waals surface area contributed by atoms with Crippen LogP contribution >= 0.6 is 11.6 Å². The van der Waals surface area contributed by atoms with E-state index in [0.29, 0.717) is 29.5 Å². The number of carbonyl (C=O) groups excluding carboxylic acids is 1. The van der Waals surface area contributed by atoms with Gasteiger partial charge in [0.1, 0.15) is 5.15 Å². The zero-order valence-corrected chi connectivity index (χ0v) is 15.9. The molecule has 0 spiro atoms. The van der Waals surface area contributed by atoms with Gasteiger partial charge in [-0.15, -0.1) is 0 Å². The van der Waals surface area contributed by atoms with Gasteiger partial charge in [0.25, 0.3) is 5.91 Å². The molecule has 1 fully saturated rings. The fraction of sp³-hybridized carbons (Fsp3) is 0.238. The van der Waals surface area contributed by atoms with Crippen molar-refractivity contribution in [2.45, 2.75) is 6.92 Å². The second kappa shape index (κ2) is 7.45. The normalized spacial score (nSPS) is 14.4. The van der Waals surface area contributed by atoms with Crippen LogP contribution in [0.4, 0.5) is 5.69 Å². The summed E-state index contributed by atoms with van der Waals surface area (Å²) in [5.41, 5.74) is 3.18. The minimum atomic E-state index is -0.0487. The molecule has 1 aliphatic rings. The van der Waals surface area contributed by atoms with E-state index in [2.05, 4.69) is 22.1 Å². The van der Waals surface area contributed by atoms with Crippen molar-refractivity contribution in [3.8, 4) is 5.69 Å². The lowest BCUT2D eigenvalue weighted by Crippen LogP contribution is -2.48. The van der Waals surface area contributed by atoms with Crippen LogP contribution in [0, 0.1) is 6.92 Å². The van der Waals surface area contributed by atoms with Gasteiger partial charge in [-0.1, -0.05) is 48.0 Å². The van der Waals surface area contributed by atoms with Crippen LogP contribution in [0.25, 0.3) is 5.69 Å². The Kier molecular flexibility index (Phi) is 4.86. The molecule has 27 heavy (non-hydrogen) atoms. The largest absolute Gasteiger partial charge is 0.368 e. The number of halogens is 1. The molecule has 1 amide bonds. The summed E-state index contributed by atoms with van der Waals surface area (Å²) < 4.78 is 1.63. The van der Waals surface area contributed by atoms with E-state index in [0.717, 1.165) is 18.8 Å². The first-order chi connectivity index (χ1) is 13.1. The number of anilines is 1. The van der Waals surface area contributed by atoms with Gasteiger partial charge in [-0.05, 0) is 31.2 Å². The van der Waals surface area contributed by atoms with Crippen LogP contribution in [0.2, 0.25) is 5.15 Å². The third kappa shape index (κ3) is 3.43. The van der Waals surface area contributed by atoms with Crippen molar-refractivity contribution < 1.29 is 4.79 Å². The predicted octanol–water partition coefficient (Wildman–Crippen LogP) is 3.80. The molecule has 0 saturated carbocycles. The molecule has 3 aromatic rings. The smallest absolute Gasteiger partial charge is 0.259 e. The Balaban J connectivity index is 1.52. The fourth-order valence-electron chi connectivity index (χ4n) is 3.45. The van der Waals surface area contributed by atoms with E-state index in [1.807, 2.05) is 60.4 Å². The van der Waals surface area contributed by atoms with E-state index < -0.39 is 0 Å². The van der Waals surface area contributed by atoms with E-state index in [1.165, 1.54) is 5.69 Å². The summed E-state index contributed by atoms with van der Waals surface area (Å²) in [6.45, 7) is 4.78. The number of para-hydroxylation sites is 2. The second-order valence-electron chi connectivity index (χ2n) is 6.61. The number of rotatable bonds is 3. The zero-order chi connectivity index (χ0) is 18.8. The van der Waals surface area contributed by atoms with E-state index in [4.69, 9.17) is 11.6 Å². The number of piperazine rings is 1. The van der Waals surface area contributed by atoms with E-state index in [1.54, 1.807) is 4.68 Å². The minimum absolute atomic E-state index is 0.0487. The van der Waals surface area contributed by atoms with Gasteiger partial charge in [-0.25, -0.2) is 4.68 Å². The van der Waals surface area contributed by atoms with Crippen molar-refractivity contribution in [2.24, 2.45) is 0 Å². The summed E-state index contributed by atoms with van der Waals surface area (Å²) >= 11 is 6.55. The Morgan fingerprint density at radius 2 is 1.44 bits per heavy atom. The van der Waals surface area contributed by atoms with Crippen molar-refractivity contribution in [2.75, 3.05) is 31.1 Å². The van der Waals surface area contributed by atoms with Gasteiger partial charge in [-0.3, -0.25) is 4.79 Å². The van der Waals surface area contributed by atoms with Crippen LogP contribution < -0.4 is 4.90 Å². The molecule has 0 bridgehead atoms. The Hall–Kier alpha value is -2.79. The molecule has 4 rings (SSSR count). The zero-order valence-electron chi connectivity index (χ0n) is 15.2. The molecule has 5 nitrogen and oxygen atoms in total. The lowest BCUT2D eigenvalue weighted by Gasteiger charge is -2.36. The van der Waals surface area contributed by atoms with Crippen molar-refractivity contribution in [3.05, 3.63) is 77.1 Å². The fourth-order valence-corrected chi connectivity index (χ4v) is 3.80. The summed E-state index contributed by atoms with van der Waals surface area (Å²) in [6, 6.07) is 19.9. The summed E-state index contributed by atoms with van der Waals surface area (Å²) in [7, 11) is 0. The lowest BCUT2D eigenvalue weighted by atomic mass is 10.2. The van der Waals surface area contributed by atoms with Crippen molar-refractivity contribution in [3.63, 3.8) is 0 Å². The van der Waals surface area contributed by atoms with Crippen molar-refractivity contribution in [1.82, 2.24) is 14.7 Å². The van der Waals surface area contributed by atoms with Gasteiger partial charge in [0.15, 0.2) is 0 Å². The third-order valence-electron chi connectivity index (χ3n) is 4.91. The average molecular weight is 381 g/mol.